The maximum atomic E-state index is 13.1. The number of rotatable bonds is 2. The monoisotopic (exact) mass is 383 g/mol. The summed E-state index contributed by atoms with van der Waals surface area (Å²) in [4.78, 5) is 4.39. The molecule has 22 heavy (non-hydrogen) atoms. The second-order valence-electron chi connectivity index (χ2n) is 5.50. The third kappa shape index (κ3) is 2.78. The van der Waals surface area contributed by atoms with Gasteiger partial charge in [-0.05, 0) is 48.0 Å². The van der Waals surface area contributed by atoms with Crippen molar-refractivity contribution in [2.24, 2.45) is 0 Å². The molecule has 1 aliphatic rings. The first-order chi connectivity index (χ1) is 10.5. The topological polar surface area (TPSA) is 62.3 Å². The molecule has 0 amide bonds. The van der Waals surface area contributed by atoms with Gasteiger partial charge in [0.25, 0.3) is 0 Å². The molecular weight excluding hydrogens is 366 g/mol. The lowest BCUT2D eigenvalue weighted by atomic mass is 10.2. The van der Waals surface area contributed by atoms with Crippen LogP contribution in [0.1, 0.15) is 13.3 Å². The van der Waals surface area contributed by atoms with Crippen LogP contribution in [-0.2, 0) is 10.0 Å². The van der Waals surface area contributed by atoms with Gasteiger partial charge < -0.3 is 5.32 Å². The Morgan fingerprint density at radius 2 is 2.18 bits per heavy atom. The van der Waals surface area contributed by atoms with Crippen molar-refractivity contribution < 1.29 is 8.42 Å². The molecule has 0 spiro atoms. The van der Waals surface area contributed by atoms with Crippen molar-refractivity contribution in [2.75, 3.05) is 19.6 Å². The molecule has 3 rings (SSSR count). The summed E-state index contributed by atoms with van der Waals surface area (Å²) in [5, 5.41) is 5.04. The minimum absolute atomic E-state index is 0.0625. The molecule has 2 heterocycles. The van der Waals surface area contributed by atoms with Gasteiger partial charge in [0.05, 0.1) is 4.90 Å². The molecule has 1 saturated heterocycles. The predicted octanol–water partition coefficient (Wildman–Crippen LogP) is 2.37. The predicted molar refractivity (Wildman–Crippen MR) is 90.3 cm³/mol. The van der Waals surface area contributed by atoms with Gasteiger partial charge in [0.15, 0.2) is 0 Å². The van der Waals surface area contributed by atoms with Gasteiger partial charge in [-0.1, -0.05) is 6.07 Å². The van der Waals surface area contributed by atoms with Crippen LogP contribution in [0.3, 0.4) is 0 Å². The van der Waals surface area contributed by atoms with Crippen LogP contribution >= 0.6 is 15.9 Å². The van der Waals surface area contributed by atoms with Gasteiger partial charge in [-0.15, -0.1) is 0 Å². The van der Waals surface area contributed by atoms with Crippen molar-refractivity contribution >= 4 is 36.7 Å². The Hall–Kier alpha value is -1.02. The number of aromatic nitrogens is 1. The summed E-state index contributed by atoms with van der Waals surface area (Å²) in [5.74, 6) is 0. The fourth-order valence-electron chi connectivity index (χ4n) is 2.79. The molecule has 0 saturated carbocycles. The van der Waals surface area contributed by atoms with E-state index in [2.05, 4.69) is 26.2 Å². The van der Waals surface area contributed by atoms with Crippen molar-refractivity contribution in [1.82, 2.24) is 14.6 Å². The molecule has 2 aromatic rings. The molecule has 1 aliphatic heterocycles. The first kappa shape index (κ1) is 15.9. The summed E-state index contributed by atoms with van der Waals surface area (Å²) in [6, 6.07) is 5.23. The molecule has 118 valence electrons. The zero-order valence-corrected chi connectivity index (χ0v) is 14.7. The van der Waals surface area contributed by atoms with Gasteiger partial charge in [-0.2, -0.15) is 4.31 Å². The zero-order chi connectivity index (χ0) is 15.7. The molecule has 1 aromatic heterocycles. The van der Waals surface area contributed by atoms with Crippen molar-refractivity contribution in [2.45, 2.75) is 24.3 Å². The van der Waals surface area contributed by atoms with E-state index in [4.69, 9.17) is 0 Å². The van der Waals surface area contributed by atoms with Gasteiger partial charge in [0, 0.05) is 46.8 Å². The van der Waals surface area contributed by atoms with Crippen molar-refractivity contribution in [1.29, 1.82) is 0 Å². The summed E-state index contributed by atoms with van der Waals surface area (Å²) >= 11 is 3.47. The Kier molecular flexibility index (Phi) is 4.49. The highest BCUT2D eigenvalue weighted by molar-refractivity contribution is 9.10. The van der Waals surface area contributed by atoms with E-state index in [0.29, 0.717) is 22.5 Å². The minimum atomic E-state index is -3.53. The van der Waals surface area contributed by atoms with Crippen molar-refractivity contribution in [3.63, 3.8) is 0 Å². The van der Waals surface area contributed by atoms with Crippen molar-refractivity contribution in [3.8, 4) is 0 Å². The van der Waals surface area contributed by atoms with E-state index in [1.807, 2.05) is 13.0 Å². The summed E-state index contributed by atoms with van der Waals surface area (Å²) in [6.07, 6.45) is 4.22. The number of halogens is 1. The average molecular weight is 384 g/mol. The highest BCUT2D eigenvalue weighted by Gasteiger charge is 2.31. The maximum absolute atomic E-state index is 13.1. The quantitative estimate of drug-likeness (QED) is 0.864. The Balaban J connectivity index is 2.10. The van der Waals surface area contributed by atoms with Crippen LogP contribution < -0.4 is 5.32 Å². The van der Waals surface area contributed by atoms with E-state index in [1.165, 1.54) is 0 Å². The van der Waals surface area contributed by atoms with Gasteiger partial charge in [-0.25, -0.2) is 8.42 Å². The molecule has 1 unspecified atom stereocenters. The Bertz CT molecular complexity index is 794. The molecule has 0 aliphatic carbocycles. The smallest absolute Gasteiger partial charge is 0.244 e. The van der Waals surface area contributed by atoms with E-state index in [9.17, 15) is 8.42 Å². The summed E-state index contributed by atoms with van der Waals surface area (Å²) < 4.78 is 28.3. The molecule has 5 nitrogen and oxygen atoms in total. The fourth-order valence-corrected chi connectivity index (χ4v) is 5.64. The lowest BCUT2D eigenvalue weighted by molar-refractivity contribution is 0.353. The molecule has 0 bridgehead atoms. The van der Waals surface area contributed by atoms with Crippen LogP contribution in [0.2, 0.25) is 0 Å². The van der Waals surface area contributed by atoms with Gasteiger partial charge in [0.2, 0.25) is 10.0 Å². The number of sulfonamides is 1. The number of hydrogen-bond acceptors (Lipinski definition) is 4. The SMILES string of the molecule is CC1CNCCCN1S(=O)(=O)c1ccc2cnccc2c1Br. The second-order valence-corrected chi connectivity index (χ2v) is 8.15. The van der Waals surface area contributed by atoms with E-state index in [0.717, 1.165) is 23.7 Å². The second kappa shape index (κ2) is 6.23. The average Bonchev–Trinajstić information content (AvgIpc) is 2.72. The van der Waals surface area contributed by atoms with Crippen LogP contribution in [0.15, 0.2) is 40.0 Å². The first-order valence-corrected chi connectivity index (χ1v) is 9.50. The van der Waals surface area contributed by atoms with E-state index in [1.54, 1.807) is 28.8 Å². The number of fused-ring (bicyclic) bond motifs is 1. The van der Waals surface area contributed by atoms with Crippen molar-refractivity contribution in [3.05, 3.63) is 35.1 Å². The largest absolute Gasteiger partial charge is 0.315 e. The standard InChI is InChI=1S/C15H18BrN3O2S/c1-11-9-17-6-2-8-19(11)22(20,21)14-4-3-12-10-18-7-5-13(12)15(14)16/h3-5,7,10-11,17H,2,6,8-9H2,1H3. The normalized spacial score (nSPS) is 20.9. The number of hydrogen-bond donors (Lipinski definition) is 1. The van der Waals surface area contributed by atoms with Gasteiger partial charge >= 0.3 is 0 Å². The zero-order valence-electron chi connectivity index (χ0n) is 12.3. The Morgan fingerprint density at radius 3 is 3.00 bits per heavy atom. The van der Waals surface area contributed by atoms with E-state index >= 15 is 0 Å². The van der Waals surface area contributed by atoms with Gasteiger partial charge in [-0.3, -0.25) is 4.98 Å². The number of nitrogens with one attached hydrogen (secondary N) is 1. The molecule has 1 N–H and O–H groups in total. The minimum Gasteiger partial charge on any atom is -0.315 e. The lowest BCUT2D eigenvalue weighted by Crippen LogP contribution is -2.41. The molecule has 1 atom stereocenters. The number of pyridine rings is 1. The van der Waals surface area contributed by atoms with Crippen LogP contribution in [0.25, 0.3) is 10.8 Å². The number of benzene rings is 1. The van der Waals surface area contributed by atoms with Crippen LogP contribution in [0.5, 0.6) is 0 Å². The molecule has 7 heteroatoms. The van der Waals surface area contributed by atoms with Gasteiger partial charge in [0.1, 0.15) is 0 Å². The third-order valence-corrected chi connectivity index (χ3v) is 7.14. The third-order valence-electron chi connectivity index (χ3n) is 3.97. The summed E-state index contributed by atoms with van der Waals surface area (Å²) in [7, 11) is -3.53. The Morgan fingerprint density at radius 1 is 1.36 bits per heavy atom. The molecule has 1 fully saturated rings. The van der Waals surface area contributed by atoms with Crippen LogP contribution in [0, 0.1) is 0 Å². The molecule has 0 radical (unpaired) electrons. The highest BCUT2D eigenvalue weighted by atomic mass is 79.9. The number of nitrogens with zero attached hydrogens (tertiary/aromatic N) is 2. The van der Waals surface area contributed by atoms with E-state index < -0.39 is 10.0 Å². The first-order valence-electron chi connectivity index (χ1n) is 7.26. The summed E-state index contributed by atoms with van der Waals surface area (Å²) in [6.45, 7) is 4.00. The van der Waals surface area contributed by atoms with E-state index in [-0.39, 0.29) is 6.04 Å². The highest BCUT2D eigenvalue weighted by Crippen LogP contribution is 2.32. The Labute approximate surface area is 138 Å². The summed E-state index contributed by atoms with van der Waals surface area (Å²) in [5.41, 5.74) is 0. The van der Waals surface area contributed by atoms with Crippen LogP contribution in [0.4, 0.5) is 0 Å². The maximum Gasteiger partial charge on any atom is 0.244 e. The lowest BCUT2D eigenvalue weighted by Gasteiger charge is -2.26. The molecular formula is C15H18BrN3O2S. The fraction of sp³-hybridized carbons (Fsp3) is 0.400. The molecule has 1 aromatic carbocycles. The van der Waals surface area contributed by atoms with Crippen LogP contribution in [-0.4, -0.2) is 43.4 Å².